The average Bonchev–Trinajstić information content (AvgIpc) is 2.62. The van der Waals surface area contributed by atoms with Crippen LogP contribution in [0.2, 0.25) is 0 Å². The van der Waals surface area contributed by atoms with Gasteiger partial charge >= 0.3 is 0 Å². The number of aryl methyl sites for hydroxylation is 2. The number of hydrogen-bond donors (Lipinski definition) is 1. The van der Waals surface area contributed by atoms with Gasteiger partial charge in [-0.1, -0.05) is 29.8 Å². The fourth-order valence-electron chi connectivity index (χ4n) is 2.33. The van der Waals surface area contributed by atoms with Crippen LogP contribution < -0.4 is 5.32 Å². The molecule has 0 saturated heterocycles. The number of aromatic nitrogens is 2. The molecule has 3 nitrogen and oxygen atoms in total. The first-order valence-electron chi connectivity index (χ1n) is 6.95. The molecule has 20 heavy (non-hydrogen) atoms. The van der Waals surface area contributed by atoms with Gasteiger partial charge in [0.15, 0.2) is 0 Å². The summed E-state index contributed by atoms with van der Waals surface area (Å²) in [4.78, 5) is 0. The Morgan fingerprint density at radius 2 is 1.95 bits per heavy atom. The van der Waals surface area contributed by atoms with Crippen molar-refractivity contribution in [1.82, 2.24) is 15.1 Å². The molecule has 2 aromatic rings. The largest absolute Gasteiger partial charge is 0.310 e. The Balaban J connectivity index is 2.40. The van der Waals surface area contributed by atoms with Crippen LogP contribution in [0.15, 0.2) is 22.7 Å². The molecule has 0 unspecified atom stereocenters. The summed E-state index contributed by atoms with van der Waals surface area (Å²) in [6.45, 7) is 11.5. The molecule has 4 heteroatoms. The van der Waals surface area contributed by atoms with E-state index in [-0.39, 0.29) is 0 Å². The lowest BCUT2D eigenvalue weighted by Crippen LogP contribution is -2.22. The highest BCUT2D eigenvalue weighted by molar-refractivity contribution is 9.10. The van der Waals surface area contributed by atoms with Gasteiger partial charge in [-0.2, -0.15) is 5.10 Å². The van der Waals surface area contributed by atoms with Gasteiger partial charge in [0.1, 0.15) is 0 Å². The van der Waals surface area contributed by atoms with E-state index in [0.717, 1.165) is 22.4 Å². The van der Waals surface area contributed by atoms with Crippen molar-refractivity contribution >= 4 is 15.9 Å². The minimum absolute atomic E-state index is 0.478. The molecule has 108 valence electrons. The molecule has 1 N–H and O–H groups in total. The van der Waals surface area contributed by atoms with Crippen molar-refractivity contribution in [3.8, 4) is 5.69 Å². The molecule has 0 fully saturated rings. The standard InChI is InChI=1S/C16H22BrN3/c1-10(2)18-9-15-12(4)19-20(13(15)5)16-7-6-14(17)8-11(16)3/h6-8,10,18H,9H2,1-5H3. The third kappa shape index (κ3) is 3.13. The van der Waals surface area contributed by atoms with Gasteiger partial charge in [-0.15, -0.1) is 0 Å². The maximum Gasteiger partial charge on any atom is 0.0678 e. The van der Waals surface area contributed by atoms with Gasteiger partial charge in [-0.25, -0.2) is 4.68 Å². The zero-order valence-corrected chi connectivity index (χ0v) is 14.4. The van der Waals surface area contributed by atoms with Gasteiger partial charge in [-0.3, -0.25) is 0 Å². The molecule has 0 radical (unpaired) electrons. The quantitative estimate of drug-likeness (QED) is 0.913. The number of halogens is 1. The van der Waals surface area contributed by atoms with E-state index in [1.165, 1.54) is 16.8 Å². The second-order valence-electron chi connectivity index (χ2n) is 5.53. The molecule has 0 aliphatic carbocycles. The summed E-state index contributed by atoms with van der Waals surface area (Å²) >= 11 is 3.51. The minimum atomic E-state index is 0.478. The van der Waals surface area contributed by atoms with E-state index >= 15 is 0 Å². The minimum Gasteiger partial charge on any atom is -0.310 e. The maximum absolute atomic E-state index is 4.71. The highest BCUT2D eigenvalue weighted by Gasteiger charge is 2.14. The summed E-state index contributed by atoms with van der Waals surface area (Å²) in [7, 11) is 0. The van der Waals surface area contributed by atoms with Gasteiger partial charge in [0.2, 0.25) is 0 Å². The predicted molar refractivity (Wildman–Crippen MR) is 87.5 cm³/mol. The van der Waals surface area contributed by atoms with Crippen LogP contribution in [0.1, 0.15) is 36.4 Å². The molecule has 1 heterocycles. The van der Waals surface area contributed by atoms with Crippen molar-refractivity contribution in [2.45, 2.75) is 47.2 Å². The molecule has 1 aromatic carbocycles. The van der Waals surface area contributed by atoms with Crippen LogP contribution in [0.4, 0.5) is 0 Å². The normalized spacial score (nSPS) is 11.3. The van der Waals surface area contributed by atoms with Gasteiger partial charge in [0, 0.05) is 28.3 Å². The monoisotopic (exact) mass is 335 g/mol. The van der Waals surface area contributed by atoms with Crippen LogP contribution in [-0.4, -0.2) is 15.8 Å². The second-order valence-corrected chi connectivity index (χ2v) is 6.44. The fourth-order valence-corrected chi connectivity index (χ4v) is 2.80. The van der Waals surface area contributed by atoms with Gasteiger partial charge in [0.25, 0.3) is 0 Å². The van der Waals surface area contributed by atoms with Gasteiger partial charge in [0.05, 0.1) is 11.4 Å². The molecule has 0 saturated carbocycles. The molecule has 0 bridgehead atoms. The van der Waals surface area contributed by atoms with Crippen LogP contribution in [-0.2, 0) is 6.54 Å². The number of nitrogens with zero attached hydrogens (tertiary/aromatic N) is 2. The van der Waals surface area contributed by atoms with E-state index in [2.05, 4.69) is 78.7 Å². The summed E-state index contributed by atoms with van der Waals surface area (Å²) in [5, 5.41) is 8.18. The lowest BCUT2D eigenvalue weighted by molar-refractivity contribution is 0.586. The zero-order chi connectivity index (χ0) is 14.9. The summed E-state index contributed by atoms with van der Waals surface area (Å²) in [5.74, 6) is 0. The Morgan fingerprint density at radius 1 is 1.25 bits per heavy atom. The summed E-state index contributed by atoms with van der Waals surface area (Å²) in [6, 6.07) is 6.77. The zero-order valence-electron chi connectivity index (χ0n) is 12.8. The lowest BCUT2D eigenvalue weighted by Gasteiger charge is -2.10. The fraction of sp³-hybridized carbons (Fsp3) is 0.438. The number of hydrogen-bond acceptors (Lipinski definition) is 2. The molecular weight excluding hydrogens is 314 g/mol. The van der Waals surface area contributed by atoms with Crippen LogP contribution in [0.25, 0.3) is 5.69 Å². The van der Waals surface area contributed by atoms with E-state index in [1.807, 2.05) is 0 Å². The first-order valence-corrected chi connectivity index (χ1v) is 7.74. The van der Waals surface area contributed by atoms with Crippen LogP contribution >= 0.6 is 15.9 Å². The molecule has 1 aromatic heterocycles. The first-order chi connectivity index (χ1) is 9.40. The van der Waals surface area contributed by atoms with Crippen molar-refractivity contribution < 1.29 is 0 Å². The Kier molecular flexibility index (Phi) is 4.66. The second kappa shape index (κ2) is 6.10. The SMILES string of the molecule is Cc1cc(Br)ccc1-n1nc(C)c(CNC(C)C)c1C. The smallest absolute Gasteiger partial charge is 0.0678 e. The highest BCUT2D eigenvalue weighted by atomic mass is 79.9. The van der Waals surface area contributed by atoms with Gasteiger partial charge < -0.3 is 5.32 Å². The molecule has 0 aliphatic heterocycles. The van der Waals surface area contributed by atoms with Crippen molar-refractivity contribution in [3.63, 3.8) is 0 Å². The van der Waals surface area contributed by atoms with E-state index < -0.39 is 0 Å². The molecular formula is C16H22BrN3. The third-order valence-corrected chi connectivity index (χ3v) is 4.01. The Morgan fingerprint density at radius 3 is 2.55 bits per heavy atom. The molecule has 0 atom stereocenters. The van der Waals surface area contributed by atoms with Crippen molar-refractivity contribution in [1.29, 1.82) is 0 Å². The van der Waals surface area contributed by atoms with E-state index in [9.17, 15) is 0 Å². The van der Waals surface area contributed by atoms with Gasteiger partial charge in [-0.05, 0) is 44.5 Å². The van der Waals surface area contributed by atoms with E-state index in [1.54, 1.807) is 0 Å². The van der Waals surface area contributed by atoms with E-state index in [4.69, 9.17) is 5.10 Å². The number of rotatable bonds is 4. The predicted octanol–water partition coefficient (Wildman–Crippen LogP) is 4.06. The molecule has 0 amide bonds. The number of nitrogens with one attached hydrogen (secondary N) is 1. The Labute approximate surface area is 129 Å². The lowest BCUT2D eigenvalue weighted by atomic mass is 10.1. The summed E-state index contributed by atoms with van der Waals surface area (Å²) < 4.78 is 3.15. The molecule has 0 spiro atoms. The summed E-state index contributed by atoms with van der Waals surface area (Å²) in [5.41, 5.74) is 5.96. The van der Waals surface area contributed by atoms with Crippen molar-refractivity contribution in [3.05, 3.63) is 45.2 Å². The first kappa shape index (κ1) is 15.3. The highest BCUT2D eigenvalue weighted by Crippen LogP contribution is 2.23. The topological polar surface area (TPSA) is 29.9 Å². The molecule has 0 aliphatic rings. The Hall–Kier alpha value is -1.13. The summed E-state index contributed by atoms with van der Waals surface area (Å²) in [6.07, 6.45) is 0. The Bertz CT molecular complexity index is 614. The maximum atomic E-state index is 4.71. The van der Waals surface area contributed by atoms with Crippen molar-refractivity contribution in [2.75, 3.05) is 0 Å². The van der Waals surface area contributed by atoms with E-state index in [0.29, 0.717) is 6.04 Å². The van der Waals surface area contributed by atoms with Crippen LogP contribution in [0.5, 0.6) is 0 Å². The average molecular weight is 336 g/mol. The van der Waals surface area contributed by atoms with Crippen LogP contribution in [0, 0.1) is 20.8 Å². The van der Waals surface area contributed by atoms with Crippen molar-refractivity contribution in [2.24, 2.45) is 0 Å². The molecule has 2 rings (SSSR count). The van der Waals surface area contributed by atoms with Crippen LogP contribution in [0.3, 0.4) is 0 Å². The number of benzene rings is 1. The third-order valence-electron chi connectivity index (χ3n) is 3.52.